The number of fused-ring (bicyclic) bond motifs is 1. The molecule has 4 rings (SSSR count). The number of nitrogens with one attached hydrogen (secondary N) is 1. The van der Waals surface area contributed by atoms with Gasteiger partial charge in [-0.1, -0.05) is 24.9 Å². The molecule has 0 bridgehead atoms. The molecule has 0 unspecified atom stereocenters. The molecule has 13 heteroatoms. The average Bonchev–Trinajstić information content (AvgIpc) is 3.27. The summed E-state index contributed by atoms with van der Waals surface area (Å²) in [6.07, 6.45) is 3.68. The Labute approximate surface area is 238 Å². The molecule has 2 amide bonds. The minimum absolute atomic E-state index is 0.00242. The number of aryl methyl sites for hydroxylation is 2. The lowest BCUT2D eigenvalue weighted by atomic mass is 10.1. The van der Waals surface area contributed by atoms with Gasteiger partial charge in [0.15, 0.2) is 22.5 Å². The topological polar surface area (TPSA) is 153 Å². The van der Waals surface area contributed by atoms with Gasteiger partial charge in [0.25, 0.3) is 17.6 Å². The molecular formula is C27H37ClN8O4. The van der Waals surface area contributed by atoms with E-state index in [1.165, 1.54) is 19.0 Å². The van der Waals surface area contributed by atoms with Crippen LogP contribution in [0.25, 0.3) is 11.0 Å². The maximum Gasteiger partial charge on any atom is 0.277 e. The number of nitrogen functional groups attached to an aromatic ring is 1. The van der Waals surface area contributed by atoms with Crippen LogP contribution in [0.1, 0.15) is 60.3 Å². The molecule has 1 aliphatic heterocycles. The highest BCUT2D eigenvalue weighted by Gasteiger charge is 2.27. The molecule has 2 aromatic heterocycles. The molecule has 3 heterocycles. The summed E-state index contributed by atoms with van der Waals surface area (Å²) >= 11 is 5.90. The van der Waals surface area contributed by atoms with Gasteiger partial charge in [0.1, 0.15) is 11.7 Å². The number of aromatic nitrogens is 4. The van der Waals surface area contributed by atoms with Crippen LogP contribution in [0.15, 0.2) is 24.4 Å². The van der Waals surface area contributed by atoms with Crippen molar-refractivity contribution in [1.29, 1.82) is 0 Å². The first-order valence-corrected chi connectivity index (χ1v) is 13.9. The third-order valence-electron chi connectivity index (χ3n) is 6.94. The van der Waals surface area contributed by atoms with Crippen molar-refractivity contribution in [3.05, 3.63) is 46.6 Å². The van der Waals surface area contributed by atoms with Gasteiger partial charge in [0.05, 0.1) is 19.3 Å². The maximum atomic E-state index is 13.4. The number of carboxylic acid groups (broad SMARTS) is 1. The van der Waals surface area contributed by atoms with E-state index in [1.54, 1.807) is 0 Å². The molecule has 3 N–H and O–H groups in total. The van der Waals surface area contributed by atoms with Gasteiger partial charge in [-0.2, -0.15) is 0 Å². The Morgan fingerprint density at radius 1 is 1.20 bits per heavy atom. The molecule has 1 aliphatic rings. The first-order chi connectivity index (χ1) is 19.3. The molecule has 0 atom stereocenters. The summed E-state index contributed by atoms with van der Waals surface area (Å²) in [5.74, 6) is 0.553. The number of unbranched alkanes of at least 4 members (excludes halogenated alkanes) is 1. The van der Waals surface area contributed by atoms with Crippen molar-refractivity contribution in [3.63, 3.8) is 0 Å². The second kappa shape index (κ2) is 14.6. The van der Waals surface area contributed by atoms with Crippen LogP contribution in [0.2, 0.25) is 5.15 Å². The quantitative estimate of drug-likeness (QED) is 0.282. The molecule has 1 saturated heterocycles. The lowest BCUT2D eigenvalue weighted by molar-refractivity contribution is -0.676. The van der Waals surface area contributed by atoms with Crippen LogP contribution >= 0.6 is 11.6 Å². The molecular weight excluding hydrogens is 536 g/mol. The summed E-state index contributed by atoms with van der Waals surface area (Å²) in [5, 5.41) is 11.3. The Hall–Kier alpha value is -3.77. The lowest BCUT2D eigenvalue weighted by Crippen LogP contribution is -2.48. The van der Waals surface area contributed by atoms with Gasteiger partial charge in [-0.3, -0.25) is 14.5 Å². The van der Waals surface area contributed by atoms with Crippen molar-refractivity contribution in [1.82, 2.24) is 29.7 Å². The van der Waals surface area contributed by atoms with E-state index in [2.05, 4.69) is 50.1 Å². The Bertz CT molecular complexity index is 1340. The van der Waals surface area contributed by atoms with Crippen molar-refractivity contribution >= 4 is 46.7 Å². The van der Waals surface area contributed by atoms with E-state index < -0.39 is 12.4 Å². The largest absolute Gasteiger partial charge is 0.554 e. The van der Waals surface area contributed by atoms with E-state index in [-0.39, 0.29) is 29.1 Å². The van der Waals surface area contributed by atoms with E-state index in [4.69, 9.17) is 27.2 Å². The lowest BCUT2D eigenvalue weighted by Gasteiger charge is -2.34. The van der Waals surface area contributed by atoms with Gasteiger partial charge in [-0.15, -0.1) is 0 Å². The number of carbonyl (C=O) groups excluding carboxylic acids is 3. The molecule has 12 nitrogen and oxygen atoms in total. The second-order valence-electron chi connectivity index (χ2n) is 9.30. The number of rotatable bonds is 9. The van der Waals surface area contributed by atoms with Crippen LogP contribution in [0.4, 0.5) is 5.82 Å². The Morgan fingerprint density at radius 2 is 1.90 bits per heavy atom. The number of nitrogens with zero attached hydrogens (tertiary/aromatic N) is 6. The minimum Gasteiger partial charge on any atom is -0.554 e. The normalized spacial score (nSPS) is 13.6. The van der Waals surface area contributed by atoms with Crippen molar-refractivity contribution in [3.8, 4) is 0 Å². The zero-order valence-corrected chi connectivity index (χ0v) is 24.0. The summed E-state index contributed by atoms with van der Waals surface area (Å²) in [6.45, 7) is 11.9. The Morgan fingerprint density at radius 3 is 2.52 bits per heavy atom. The third kappa shape index (κ3) is 7.05. The van der Waals surface area contributed by atoms with E-state index >= 15 is 0 Å². The average molecular weight is 573 g/mol. The molecule has 40 heavy (non-hydrogen) atoms. The summed E-state index contributed by atoms with van der Waals surface area (Å²) < 4.78 is 4.28. The molecule has 0 radical (unpaired) electrons. The summed E-state index contributed by atoms with van der Waals surface area (Å²) in [7, 11) is 0. The van der Waals surface area contributed by atoms with Crippen LogP contribution in [0, 0.1) is 0 Å². The predicted molar refractivity (Wildman–Crippen MR) is 149 cm³/mol. The molecule has 0 saturated carbocycles. The number of imidazole rings is 1. The number of anilines is 1. The monoisotopic (exact) mass is 572 g/mol. The fourth-order valence-corrected chi connectivity index (χ4v) is 5.08. The van der Waals surface area contributed by atoms with Gasteiger partial charge in [-0.05, 0) is 38.9 Å². The molecule has 1 aromatic carbocycles. The van der Waals surface area contributed by atoms with E-state index in [0.717, 1.165) is 49.6 Å². The predicted octanol–water partition coefficient (Wildman–Crippen LogP) is 0.848. The third-order valence-corrected chi connectivity index (χ3v) is 7.12. The first kappa shape index (κ1) is 30.8. The van der Waals surface area contributed by atoms with Crippen LogP contribution < -0.4 is 20.7 Å². The van der Waals surface area contributed by atoms with Gasteiger partial charge in [0, 0.05) is 44.3 Å². The van der Waals surface area contributed by atoms with Crippen LogP contribution in [-0.4, -0.2) is 75.3 Å². The molecule has 0 aliphatic carbocycles. The number of carbonyl (C=O) groups is 3. The minimum atomic E-state index is -0.500. The van der Waals surface area contributed by atoms with Crippen LogP contribution in [0.3, 0.4) is 0 Å². The number of hydrogen-bond acceptors (Lipinski definition) is 8. The SMILES string of the molecule is CCCCN1CCN(C(=O)c2ccc3c(c2)n(CC)c(CNC(=O)c2nc(Cl)cnc2N)[n+]3CC)CC1.O=C[O-]. The summed E-state index contributed by atoms with van der Waals surface area (Å²) in [4.78, 5) is 46.7. The van der Waals surface area contributed by atoms with Crippen molar-refractivity contribution < 1.29 is 24.1 Å². The number of piperazine rings is 1. The molecule has 3 aromatic rings. The number of nitrogens with two attached hydrogens (primary N) is 1. The van der Waals surface area contributed by atoms with Crippen LogP contribution in [-0.2, 0) is 24.4 Å². The van der Waals surface area contributed by atoms with Gasteiger partial charge in [-0.25, -0.2) is 19.1 Å². The van der Waals surface area contributed by atoms with Crippen molar-refractivity contribution in [2.45, 2.75) is 53.2 Å². The number of hydrogen-bond donors (Lipinski definition) is 2. The van der Waals surface area contributed by atoms with Crippen molar-refractivity contribution in [2.24, 2.45) is 0 Å². The van der Waals surface area contributed by atoms with Gasteiger partial charge >= 0.3 is 0 Å². The van der Waals surface area contributed by atoms with Crippen molar-refractivity contribution in [2.75, 3.05) is 38.5 Å². The standard InChI is InChI=1S/C26H35ClN8O2.CH2O2/c1-4-7-10-32-11-13-33(14-12-32)26(37)18-8-9-19-20(15-18)35(6-3)22(34(19)5-2)17-30-25(36)23-24(28)29-16-21(27)31-23;2-1-3/h8-9,15-16H,4-7,10-14,17H2,1-3H3,(H2-,28,29,30,36);1H,(H,2,3). The fourth-order valence-electron chi connectivity index (χ4n) is 4.95. The molecule has 1 fully saturated rings. The van der Waals surface area contributed by atoms with Gasteiger partial charge < -0.3 is 25.9 Å². The zero-order chi connectivity index (χ0) is 29.2. The summed E-state index contributed by atoms with van der Waals surface area (Å²) in [6, 6.07) is 5.88. The Kier molecular flexibility index (Phi) is 11.2. The molecule has 216 valence electrons. The first-order valence-electron chi connectivity index (χ1n) is 13.5. The smallest absolute Gasteiger partial charge is 0.277 e. The van der Waals surface area contributed by atoms with E-state index in [0.29, 0.717) is 18.7 Å². The molecule has 0 spiro atoms. The number of amides is 2. The second-order valence-corrected chi connectivity index (χ2v) is 9.69. The fraction of sp³-hybridized carbons (Fsp3) is 0.481. The number of halogens is 1. The highest BCUT2D eigenvalue weighted by molar-refractivity contribution is 6.29. The summed E-state index contributed by atoms with van der Waals surface area (Å²) in [5.41, 5.74) is 8.48. The van der Waals surface area contributed by atoms with Crippen LogP contribution in [0.5, 0.6) is 0 Å². The zero-order valence-electron chi connectivity index (χ0n) is 23.2. The Balaban J connectivity index is 0.00000141. The maximum absolute atomic E-state index is 13.4. The van der Waals surface area contributed by atoms with Gasteiger partial charge in [0.2, 0.25) is 0 Å². The van der Waals surface area contributed by atoms with E-state index in [9.17, 15) is 9.59 Å². The highest BCUT2D eigenvalue weighted by atomic mass is 35.5. The highest BCUT2D eigenvalue weighted by Crippen LogP contribution is 2.20. The number of benzene rings is 1. The van der Waals surface area contributed by atoms with E-state index in [1.807, 2.05) is 23.1 Å².